The van der Waals surface area contributed by atoms with Gasteiger partial charge in [-0.1, -0.05) is 30.3 Å². The van der Waals surface area contributed by atoms with Crippen molar-refractivity contribution in [1.29, 1.82) is 0 Å². The lowest BCUT2D eigenvalue weighted by atomic mass is 10.0. The molecular formula is C14H22ClN3O2. The first kappa shape index (κ1) is 18.4. The van der Waals surface area contributed by atoms with Crippen LogP contribution >= 0.6 is 12.4 Å². The van der Waals surface area contributed by atoms with Crippen LogP contribution in [0, 0.1) is 0 Å². The predicted molar refractivity (Wildman–Crippen MR) is 81.7 cm³/mol. The van der Waals surface area contributed by atoms with Crippen LogP contribution in [0.2, 0.25) is 0 Å². The van der Waals surface area contributed by atoms with E-state index in [0.717, 1.165) is 5.56 Å². The molecule has 0 saturated carbocycles. The van der Waals surface area contributed by atoms with E-state index < -0.39 is 6.04 Å². The Morgan fingerprint density at radius 3 is 2.35 bits per heavy atom. The SMILES string of the molecule is CN(C)C(=O)C(Cc1ccccc1)NC(=O)CCN.Cl. The Morgan fingerprint density at radius 2 is 1.85 bits per heavy atom. The molecule has 0 aliphatic heterocycles. The summed E-state index contributed by atoms with van der Waals surface area (Å²) in [5.74, 6) is -0.312. The van der Waals surface area contributed by atoms with Crippen LogP contribution in [0.1, 0.15) is 12.0 Å². The van der Waals surface area contributed by atoms with Gasteiger partial charge in [-0.25, -0.2) is 0 Å². The summed E-state index contributed by atoms with van der Waals surface area (Å²) >= 11 is 0. The molecule has 20 heavy (non-hydrogen) atoms. The molecule has 0 spiro atoms. The quantitative estimate of drug-likeness (QED) is 0.806. The monoisotopic (exact) mass is 299 g/mol. The van der Waals surface area contributed by atoms with Crippen LogP contribution < -0.4 is 11.1 Å². The highest BCUT2D eigenvalue weighted by Crippen LogP contribution is 2.05. The van der Waals surface area contributed by atoms with Crippen LogP contribution in [0.5, 0.6) is 0 Å². The zero-order chi connectivity index (χ0) is 14.3. The molecule has 1 rings (SSSR count). The molecule has 3 N–H and O–H groups in total. The second-order valence-electron chi connectivity index (χ2n) is 4.58. The molecule has 0 bridgehead atoms. The number of carbonyl (C=O) groups is 2. The van der Waals surface area contributed by atoms with Gasteiger partial charge in [0, 0.05) is 33.5 Å². The molecule has 6 heteroatoms. The van der Waals surface area contributed by atoms with Crippen molar-refractivity contribution in [3.05, 3.63) is 35.9 Å². The lowest BCUT2D eigenvalue weighted by Gasteiger charge is -2.21. The smallest absolute Gasteiger partial charge is 0.244 e. The first-order valence-corrected chi connectivity index (χ1v) is 6.29. The molecule has 0 heterocycles. The van der Waals surface area contributed by atoms with Crippen molar-refractivity contribution in [2.45, 2.75) is 18.9 Å². The number of carbonyl (C=O) groups excluding carboxylic acids is 2. The van der Waals surface area contributed by atoms with Crippen molar-refractivity contribution < 1.29 is 9.59 Å². The minimum Gasteiger partial charge on any atom is -0.347 e. The van der Waals surface area contributed by atoms with Gasteiger partial charge < -0.3 is 16.0 Å². The molecule has 1 atom stereocenters. The molecular weight excluding hydrogens is 278 g/mol. The third-order valence-corrected chi connectivity index (χ3v) is 2.73. The van der Waals surface area contributed by atoms with Crippen molar-refractivity contribution in [3.8, 4) is 0 Å². The van der Waals surface area contributed by atoms with E-state index in [4.69, 9.17) is 5.73 Å². The number of hydrogen-bond acceptors (Lipinski definition) is 3. The second-order valence-corrected chi connectivity index (χ2v) is 4.58. The molecule has 1 aromatic carbocycles. The summed E-state index contributed by atoms with van der Waals surface area (Å²) < 4.78 is 0. The first-order valence-electron chi connectivity index (χ1n) is 6.29. The molecule has 0 radical (unpaired) electrons. The number of benzene rings is 1. The number of nitrogens with zero attached hydrogens (tertiary/aromatic N) is 1. The summed E-state index contributed by atoms with van der Waals surface area (Å²) in [5, 5.41) is 2.74. The standard InChI is InChI=1S/C14H21N3O2.ClH/c1-17(2)14(19)12(16-13(18)8-9-15)10-11-6-4-3-5-7-11;/h3-7,12H,8-10,15H2,1-2H3,(H,16,18);1H. The number of nitrogens with one attached hydrogen (secondary N) is 1. The molecule has 1 aromatic rings. The van der Waals surface area contributed by atoms with Gasteiger partial charge in [0.1, 0.15) is 6.04 Å². The average Bonchev–Trinajstić information content (AvgIpc) is 2.38. The van der Waals surface area contributed by atoms with Crippen LogP contribution in [0.15, 0.2) is 30.3 Å². The highest BCUT2D eigenvalue weighted by molar-refractivity contribution is 5.87. The summed E-state index contributed by atoms with van der Waals surface area (Å²) in [6.45, 7) is 0.278. The summed E-state index contributed by atoms with van der Waals surface area (Å²) in [5.41, 5.74) is 6.35. The highest BCUT2D eigenvalue weighted by atomic mass is 35.5. The van der Waals surface area contributed by atoms with Gasteiger partial charge in [0.25, 0.3) is 0 Å². The number of nitrogens with two attached hydrogens (primary N) is 1. The van der Waals surface area contributed by atoms with Gasteiger partial charge in [0.05, 0.1) is 0 Å². The van der Waals surface area contributed by atoms with Gasteiger partial charge in [-0.3, -0.25) is 9.59 Å². The minimum atomic E-state index is -0.545. The summed E-state index contributed by atoms with van der Waals surface area (Å²) in [7, 11) is 3.35. The van der Waals surface area contributed by atoms with E-state index in [-0.39, 0.29) is 37.2 Å². The van der Waals surface area contributed by atoms with Gasteiger partial charge in [0.15, 0.2) is 0 Å². The number of likely N-dealkylation sites (N-methyl/N-ethyl adjacent to an activating group) is 1. The van der Waals surface area contributed by atoms with E-state index in [0.29, 0.717) is 6.42 Å². The molecule has 112 valence electrons. The first-order chi connectivity index (χ1) is 9.04. The maximum Gasteiger partial charge on any atom is 0.244 e. The highest BCUT2D eigenvalue weighted by Gasteiger charge is 2.22. The molecule has 0 saturated heterocycles. The number of hydrogen-bond donors (Lipinski definition) is 2. The Labute approximate surface area is 125 Å². The van der Waals surface area contributed by atoms with Crippen molar-refractivity contribution in [1.82, 2.24) is 10.2 Å². The Bertz CT molecular complexity index is 424. The minimum absolute atomic E-state index is 0. The topological polar surface area (TPSA) is 75.4 Å². The van der Waals surface area contributed by atoms with Gasteiger partial charge >= 0.3 is 0 Å². The fourth-order valence-corrected chi connectivity index (χ4v) is 1.76. The fraction of sp³-hybridized carbons (Fsp3) is 0.429. The Morgan fingerprint density at radius 1 is 1.25 bits per heavy atom. The van der Waals surface area contributed by atoms with E-state index >= 15 is 0 Å². The maximum atomic E-state index is 12.1. The second kappa shape index (κ2) is 9.34. The van der Waals surface area contributed by atoms with Crippen LogP contribution in [-0.2, 0) is 16.0 Å². The number of rotatable bonds is 6. The lowest BCUT2D eigenvalue weighted by molar-refractivity contribution is -0.134. The normalized spacial score (nSPS) is 11.2. The third kappa shape index (κ3) is 6.04. The van der Waals surface area contributed by atoms with E-state index in [9.17, 15) is 9.59 Å². The molecule has 1 unspecified atom stereocenters. The van der Waals surface area contributed by atoms with E-state index in [1.54, 1.807) is 14.1 Å². The molecule has 2 amide bonds. The molecule has 0 aromatic heterocycles. The Hall–Kier alpha value is -1.59. The third-order valence-electron chi connectivity index (χ3n) is 2.73. The molecule has 0 fully saturated rings. The van der Waals surface area contributed by atoms with E-state index in [2.05, 4.69) is 5.32 Å². The van der Waals surface area contributed by atoms with Crippen molar-refractivity contribution >= 4 is 24.2 Å². The summed E-state index contributed by atoms with van der Waals surface area (Å²) in [6, 6.07) is 9.06. The van der Waals surface area contributed by atoms with Crippen LogP contribution in [0.25, 0.3) is 0 Å². The van der Waals surface area contributed by atoms with Crippen molar-refractivity contribution in [3.63, 3.8) is 0 Å². The van der Waals surface area contributed by atoms with E-state index in [1.165, 1.54) is 4.90 Å². The zero-order valence-corrected chi connectivity index (χ0v) is 12.7. The molecule has 5 nitrogen and oxygen atoms in total. The zero-order valence-electron chi connectivity index (χ0n) is 11.8. The summed E-state index contributed by atoms with van der Waals surface area (Å²) in [4.78, 5) is 25.2. The van der Waals surface area contributed by atoms with Crippen molar-refractivity contribution in [2.24, 2.45) is 5.73 Å². The largest absolute Gasteiger partial charge is 0.347 e. The Balaban J connectivity index is 0.00000361. The van der Waals surface area contributed by atoms with Gasteiger partial charge in [-0.15, -0.1) is 12.4 Å². The predicted octanol–water partition coefficient (Wildman–Crippen LogP) is 0.573. The lowest BCUT2D eigenvalue weighted by Crippen LogP contribution is -2.47. The average molecular weight is 300 g/mol. The molecule has 0 aliphatic rings. The fourth-order valence-electron chi connectivity index (χ4n) is 1.76. The van der Waals surface area contributed by atoms with Gasteiger partial charge in [-0.05, 0) is 5.56 Å². The maximum absolute atomic E-state index is 12.1. The van der Waals surface area contributed by atoms with Gasteiger partial charge in [-0.2, -0.15) is 0 Å². The Kier molecular flexibility index (Phi) is 8.59. The van der Waals surface area contributed by atoms with E-state index in [1.807, 2.05) is 30.3 Å². The summed E-state index contributed by atoms with van der Waals surface area (Å²) in [6.07, 6.45) is 0.708. The van der Waals surface area contributed by atoms with Gasteiger partial charge in [0.2, 0.25) is 11.8 Å². The van der Waals surface area contributed by atoms with Crippen LogP contribution in [0.3, 0.4) is 0 Å². The van der Waals surface area contributed by atoms with Crippen molar-refractivity contribution in [2.75, 3.05) is 20.6 Å². The number of halogens is 1. The number of amides is 2. The molecule has 0 aliphatic carbocycles. The van der Waals surface area contributed by atoms with Crippen LogP contribution in [-0.4, -0.2) is 43.4 Å². The van der Waals surface area contributed by atoms with Crippen LogP contribution in [0.4, 0.5) is 0 Å².